The number of carbonyl (C=O) groups excluding carboxylic acids is 1. The van der Waals surface area contributed by atoms with Gasteiger partial charge in [-0.3, -0.25) is 4.79 Å². The Hall–Kier alpha value is -2.64. The molecule has 20 heavy (non-hydrogen) atoms. The van der Waals surface area contributed by atoms with Crippen molar-refractivity contribution in [2.75, 3.05) is 13.2 Å². The highest BCUT2D eigenvalue weighted by Crippen LogP contribution is 2.30. The van der Waals surface area contributed by atoms with Crippen LogP contribution in [-0.4, -0.2) is 45.4 Å². The predicted molar refractivity (Wildman–Crippen MR) is 67.2 cm³/mol. The van der Waals surface area contributed by atoms with E-state index in [1.807, 2.05) is 24.3 Å². The highest BCUT2D eigenvalue weighted by molar-refractivity contribution is 5.75. The summed E-state index contributed by atoms with van der Waals surface area (Å²) in [6, 6.07) is 7.45. The minimum atomic E-state index is -0.206. The molecule has 0 aliphatic carbocycles. The maximum absolute atomic E-state index is 11.7. The first-order chi connectivity index (χ1) is 9.81. The van der Waals surface area contributed by atoms with Crippen molar-refractivity contribution in [2.45, 2.75) is 12.6 Å². The van der Waals surface area contributed by atoms with Crippen LogP contribution in [0.4, 0.5) is 0 Å². The van der Waals surface area contributed by atoms with Crippen LogP contribution in [0.1, 0.15) is 0 Å². The largest absolute Gasteiger partial charge is 0.486 e. The first-order valence-corrected chi connectivity index (χ1v) is 6.17. The summed E-state index contributed by atoms with van der Waals surface area (Å²) in [5.41, 5.74) is 0. The summed E-state index contributed by atoms with van der Waals surface area (Å²) < 4.78 is 12.6. The third-order valence-electron chi connectivity index (χ3n) is 2.79. The number of rotatable bonds is 4. The number of nitrogens with one attached hydrogen (secondary N) is 1. The fourth-order valence-corrected chi connectivity index (χ4v) is 1.85. The van der Waals surface area contributed by atoms with Crippen LogP contribution < -0.4 is 14.8 Å². The molecule has 0 saturated carbocycles. The number of amides is 1. The van der Waals surface area contributed by atoms with Gasteiger partial charge in [-0.2, -0.15) is 0 Å². The lowest BCUT2D eigenvalue weighted by molar-refractivity contribution is -0.122. The smallest absolute Gasteiger partial charge is 0.242 e. The second-order valence-electron chi connectivity index (χ2n) is 4.31. The van der Waals surface area contributed by atoms with Gasteiger partial charge in [0.1, 0.15) is 25.6 Å². The molecule has 1 N–H and O–H groups in total. The number of ether oxygens (including phenoxy) is 2. The van der Waals surface area contributed by atoms with Crippen molar-refractivity contribution in [1.29, 1.82) is 0 Å². The summed E-state index contributed by atoms with van der Waals surface area (Å²) in [5, 5.41) is 13.3. The summed E-state index contributed by atoms with van der Waals surface area (Å²) in [7, 11) is 0. The molecule has 8 nitrogen and oxygen atoms in total. The Morgan fingerprint density at radius 1 is 1.40 bits per heavy atom. The van der Waals surface area contributed by atoms with Gasteiger partial charge in [-0.25, -0.2) is 4.68 Å². The van der Waals surface area contributed by atoms with Crippen LogP contribution in [0, 0.1) is 0 Å². The first kappa shape index (κ1) is 12.4. The van der Waals surface area contributed by atoms with E-state index >= 15 is 0 Å². The Labute approximate surface area is 114 Å². The molecule has 0 bridgehead atoms. The monoisotopic (exact) mass is 275 g/mol. The van der Waals surface area contributed by atoms with E-state index in [1.54, 1.807) is 0 Å². The van der Waals surface area contributed by atoms with Gasteiger partial charge in [0.05, 0.1) is 6.54 Å². The van der Waals surface area contributed by atoms with Crippen LogP contribution in [0.2, 0.25) is 0 Å². The second-order valence-corrected chi connectivity index (χ2v) is 4.31. The van der Waals surface area contributed by atoms with Gasteiger partial charge in [0.25, 0.3) is 0 Å². The van der Waals surface area contributed by atoms with Crippen LogP contribution in [0.3, 0.4) is 0 Å². The minimum Gasteiger partial charge on any atom is -0.486 e. The Morgan fingerprint density at radius 3 is 3.05 bits per heavy atom. The Morgan fingerprint density at radius 2 is 2.25 bits per heavy atom. The number of para-hydroxylation sites is 2. The SMILES string of the molecule is O=C(Cn1cnnn1)NC[C@@H]1COc2ccccc2O1. The van der Waals surface area contributed by atoms with E-state index in [0.717, 1.165) is 5.75 Å². The van der Waals surface area contributed by atoms with Gasteiger partial charge in [-0.1, -0.05) is 12.1 Å². The molecule has 2 heterocycles. The van der Waals surface area contributed by atoms with E-state index in [2.05, 4.69) is 20.8 Å². The number of fused-ring (bicyclic) bond motifs is 1. The molecule has 1 aromatic carbocycles. The zero-order valence-corrected chi connectivity index (χ0v) is 10.6. The van der Waals surface area contributed by atoms with E-state index in [0.29, 0.717) is 18.9 Å². The molecule has 1 aromatic heterocycles. The van der Waals surface area contributed by atoms with Crippen molar-refractivity contribution in [3.8, 4) is 11.5 Å². The van der Waals surface area contributed by atoms with E-state index in [-0.39, 0.29) is 18.6 Å². The van der Waals surface area contributed by atoms with E-state index < -0.39 is 0 Å². The molecule has 0 spiro atoms. The Balaban J connectivity index is 1.49. The summed E-state index contributed by atoms with van der Waals surface area (Å²) in [6.07, 6.45) is 1.18. The van der Waals surface area contributed by atoms with Gasteiger partial charge < -0.3 is 14.8 Å². The molecule has 0 radical (unpaired) electrons. The van der Waals surface area contributed by atoms with Gasteiger partial charge in [-0.15, -0.1) is 5.10 Å². The number of aromatic nitrogens is 4. The second kappa shape index (κ2) is 5.55. The molecule has 0 unspecified atom stereocenters. The van der Waals surface area contributed by atoms with Crippen molar-refractivity contribution >= 4 is 5.91 Å². The van der Waals surface area contributed by atoms with Crippen molar-refractivity contribution in [1.82, 2.24) is 25.5 Å². The zero-order valence-electron chi connectivity index (χ0n) is 10.6. The van der Waals surface area contributed by atoms with Gasteiger partial charge in [-0.05, 0) is 22.6 Å². The average molecular weight is 275 g/mol. The quantitative estimate of drug-likeness (QED) is 0.818. The molecular weight excluding hydrogens is 262 g/mol. The lowest BCUT2D eigenvalue weighted by atomic mass is 10.2. The highest BCUT2D eigenvalue weighted by Gasteiger charge is 2.20. The zero-order chi connectivity index (χ0) is 13.8. The summed E-state index contributed by atoms with van der Waals surface area (Å²) >= 11 is 0. The van der Waals surface area contributed by atoms with Crippen LogP contribution >= 0.6 is 0 Å². The normalized spacial score (nSPS) is 16.7. The van der Waals surface area contributed by atoms with Crippen LogP contribution in [0.25, 0.3) is 0 Å². The number of hydrogen-bond donors (Lipinski definition) is 1. The number of carbonyl (C=O) groups is 1. The fourth-order valence-electron chi connectivity index (χ4n) is 1.85. The first-order valence-electron chi connectivity index (χ1n) is 6.17. The highest BCUT2D eigenvalue weighted by atomic mass is 16.6. The van der Waals surface area contributed by atoms with Crippen molar-refractivity contribution in [2.24, 2.45) is 0 Å². The summed E-state index contributed by atoms with van der Waals surface area (Å²) in [6.45, 7) is 0.856. The van der Waals surface area contributed by atoms with Crippen molar-refractivity contribution in [3.63, 3.8) is 0 Å². The molecule has 104 valence electrons. The number of tetrazole rings is 1. The molecule has 8 heteroatoms. The summed E-state index contributed by atoms with van der Waals surface area (Å²) in [4.78, 5) is 11.7. The lowest BCUT2D eigenvalue weighted by Gasteiger charge is -2.26. The molecule has 1 atom stereocenters. The Kier molecular flexibility index (Phi) is 3.44. The standard InChI is InChI=1S/C12H13N5O3/c18-12(6-17-8-14-15-16-17)13-5-9-7-19-10-3-1-2-4-11(10)20-9/h1-4,8-9H,5-7H2,(H,13,18)/t9-/m1/s1. The molecule has 0 fully saturated rings. The van der Waals surface area contributed by atoms with Crippen molar-refractivity contribution < 1.29 is 14.3 Å². The van der Waals surface area contributed by atoms with E-state index in [9.17, 15) is 4.79 Å². The van der Waals surface area contributed by atoms with Gasteiger partial charge in [0.15, 0.2) is 11.5 Å². The average Bonchev–Trinajstić information content (AvgIpc) is 2.98. The third-order valence-corrected chi connectivity index (χ3v) is 2.79. The molecular formula is C12H13N5O3. The molecule has 3 rings (SSSR count). The fraction of sp³-hybridized carbons (Fsp3) is 0.333. The third kappa shape index (κ3) is 2.85. The molecule has 1 amide bonds. The van der Waals surface area contributed by atoms with Crippen molar-refractivity contribution in [3.05, 3.63) is 30.6 Å². The van der Waals surface area contributed by atoms with Crippen LogP contribution in [0.5, 0.6) is 11.5 Å². The maximum Gasteiger partial charge on any atom is 0.242 e. The number of benzene rings is 1. The maximum atomic E-state index is 11.7. The Bertz CT molecular complexity index is 587. The van der Waals surface area contributed by atoms with Gasteiger partial charge in [0, 0.05) is 0 Å². The topological polar surface area (TPSA) is 91.2 Å². The van der Waals surface area contributed by atoms with Gasteiger partial charge in [0.2, 0.25) is 5.91 Å². The molecule has 0 saturated heterocycles. The summed E-state index contributed by atoms with van der Waals surface area (Å²) in [5.74, 6) is 1.24. The minimum absolute atomic E-state index is 0.0805. The van der Waals surface area contributed by atoms with Gasteiger partial charge >= 0.3 is 0 Å². The van der Waals surface area contributed by atoms with Crippen LogP contribution in [0.15, 0.2) is 30.6 Å². The predicted octanol–water partition coefficient (Wildman–Crippen LogP) is -0.371. The molecule has 1 aliphatic heterocycles. The molecule has 1 aliphatic rings. The molecule has 2 aromatic rings. The van der Waals surface area contributed by atoms with Crippen LogP contribution in [-0.2, 0) is 11.3 Å². The number of nitrogens with zero attached hydrogens (tertiary/aromatic N) is 4. The van der Waals surface area contributed by atoms with E-state index in [1.165, 1.54) is 11.0 Å². The lowest BCUT2D eigenvalue weighted by Crippen LogP contribution is -2.41. The number of hydrogen-bond acceptors (Lipinski definition) is 6. The van der Waals surface area contributed by atoms with E-state index in [4.69, 9.17) is 9.47 Å².